The first kappa shape index (κ1) is 13.5. The molecule has 0 unspecified atom stereocenters. The fraction of sp³-hybridized carbons (Fsp3) is 0.333. The molecular weight excluding hydrogens is 257 g/mol. The minimum atomic E-state index is -4.42. The van der Waals surface area contributed by atoms with E-state index in [9.17, 15) is 13.2 Å². The minimum absolute atomic E-state index is 0.108. The van der Waals surface area contributed by atoms with Crippen LogP contribution in [0.15, 0.2) is 24.7 Å². The average molecular weight is 270 g/mol. The smallest absolute Gasteiger partial charge is 0.326 e. The molecule has 2 N–H and O–H groups in total. The third kappa shape index (κ3) is 3.11. The van der Waals surface area contributed by atoms with Crippen LogP contribution in [0, 0.1) is 6.92 Å². The Morgan fingerprint density at radius 1 is 1.26 bits per heavy atom. The number of hydrogen-bond acceptors (Lipinski definition) is 3. The quantitative estimate of drug-likeness (QED) is 0.929. The molecule has 4 nitrogen and oxygen atoms in total. The fourth-order valence-corrected chi connectivity index (χ4v) is 1.80. The molecule has 102 valence electrons. The van der Waals surface area contributed by atoms with E-state index >= 15 is 0 Å². The van der Waals surface area contributed by atoms with E-state index in [1.54, 1.807) is 17.1 Å². The highest BCUT2D eigenvalue weighted by atomic mass is 19.4. The number of pyridine rings is 1. The van der Waals surface area contributed by atoms with Gasteiger partial charge in [-0.25, -0.2) is 0 Å². The predicted octanol–water partition coefficient (Wildman–Crippen LogP) is 2.11. The molecule has 19 heavy (non-hydrogen) atoms. The zero-order valence-corrected chi connectivity index (χ0v) is 10.3. The zero-order chi connectivity index (χ0) is 14.0. The van der Waals surface area contributed by atoms with Gasteiger partial charge < -0.3 is 5.73 Å². The molecule has 0 bridgehead atoms. The molecule has 0 fully saturated rings. The van der Waals surface area contributed by atoms with Crippen molar-refractivity contribution in [2.45, 2.75) is 26.2 Å². The summed E-state index contributed by atoms with van der Waals surface area (Å²) >= 11 is 0. The lowest BCUT2D eigenvalue weighted by Gasteiger charge is -2.10. The predicted molar refractivity (Wildman–Crippen MR) is 63.2 cm³/mol. The van der Waals surface area contributed by atoms with Crippen LogP contribution >= 0.6 is 0 Å². The Kier molecular flexibility index (Phi) is 3.57. The number of alkyl halides is 3. The second-order valence-corrected chi connectivity index (χ2v) is 4.26. The van der Waals surface area contributed by atoms with Crippen LogP contribution < -0.4 is 5.73 Å². The number of rotatable bonds is 3. The molecule has 0 aliphatic rings. The van der Waals surface area contributed by atoms with E-state index in [0.717, 1.165) is 5.56 Å². The largest absolute Gasteiger partial charge is 0.433 e. The summed E-state index contributed by atoms with van der Waals surface area (Å²) in [6.45, 7) is 2.14. The van der Waals surface area contributed by atoms with Crippen LogP contribution in [0.4, 0.5) is 13.2 Å². The number of hydrogen-bond donors (Lipinski definition) is 1. The van der Waals surface area contributed by atoms with Gasteiger partial charge in [-0.2, -0.15) is 18.3 Å². The maximum atomic E-state index is 12.6. The first-order valence-electron chi connectivity index (χ1n) is 5.64. The molecule has 0 aliphatic heterocycles. The number of halogens is 3. The van der Waals surface area contributed by atoms with Gasteiger partial charge in [0.25, 0.3) is 0 Å². The highest BCUT2D eigenvalue weighted by Crippen LogP contribution is 2.30. The van der Waals surface area contributed by atoms with E-state index in [-0.39, 0.29) is 5.56 Å². The van der Waals surface area contributed by atoms with Crippen molar-refractivity contribution in [1.29, 1.82) is 0 Å². The Bertz CT molecular complexity index is 575. The lowest BCUT2D eigenvalue weighted by molar-refractivity contribution is -0.141. The van der Waals surface area contributed by atoms with Gasteiger partial charge in [0, 0.05) is 24.5 Å². The maximum absolute atomic E-state index is 12.6. The third-order valence-corrected chi connectivity index (χ3v) is 2.67. The molecule has 0 aliphatic carbocycles. The van der Waals surface area contributed by atoms with Gasteiger partial charge in [-0.15, -0.1) is 0 Å². The van der Waals surface area contributed by atoms with Crippen molar-refractivity contribution in [3.8, 4) is 0 Å². The molecule has 0 saturated carbocycles. The van der Waals surface area contributed by atoms with Gasteiger partial charge in [0.05, 0.1) is 12.7 Å². The minimum Gasteiger partial charge on any atom is -0.326 e. The highest BCUT2D eigenvalue weighted by Gasteiger charge is 2.34. The van der Waals surface area contributed by atoms with Gasteiger partial charge in [-0.1, -0.05) is 6.07 Å². The Morgan fingerprint density at radius 2 is 2.00 bits per heavy atom. The normalized spacial score (nSPS) is 11.8. The zero-order valence-electron chi connectivity index (χ0n) is 10.3. The summed E-state index contributed by atoms with van der Waals surface area (Å²) in [6, 6.07) is 1.47. The summed E-state index contributed by atoms with van der Waals surface area (Å²) in [7, 11) is 0. The van der Waals surface area contributed by atoms with Gasteiger partial charge in [0.1, 0.15) is 5.69 Å². The Labute approximate surface area is 108 Å². The number of aryl methyl sites for hydroxylation is 1. The van der Waals surface area contributed by atoms with E-state index in [1.165, 1.54) is 19.2 Å². The Balaban J connectivity index is 2.20. The lowest BCUT2D eigenvalue weighted by atomic mass is 10.1. The summed E-state index contributed by atoms with van der Waals surface area (Å²) in [5.74, 6) is 0. The summed E-state index contributed by atoms with van der Waals surface area (Å²) < 4.78 is 39.3. The third-order valence-electron chi connectivity index (χ3n) is 2.67. The van der Waals surface area contributed by atoms with Crippen LogP contribution in [0.3, 0.4) is 0 Å². The first-order valence-corrected chi connectivity index (χ1v) is 5.64. The van der Waals surface area contributed by atoms with Crippen molar-refractivity contribution in [3.63, 3.8) is 0 Å². The molecule has 2 heterocycles. The summed E-state index contributed by atoms with van der Waals surface area (Å²) in [4.78, 5) is 3.48. The highest BCUT2D eigenvalue weighted by molar-refractivity contribution is 5.26. The summed E-state index contributed by atoms with van der Waals surface area (Å²) in [6.07, 6.45) is 0.192. The van der Waals surface area contributed by atoms with E-state index in [4.69, 9.17) is 5.73 Å². The molecule has 0 aromatic carbocycles. The Hall–Kier alpha value is -1.89. The van der Waals surface area contributed by atoms with Crippen molar-refractivity contribution >= 4 is 0 Å². The topological polar surface area (TPSA) is 56.7 Å². The molecule has 2 aromatic rings. The van der Waals surface area contributed by atoms with Crippen LogP contribution in [-0.2, 0) is 19.3 Å². The second-order valence-electron chi connectivity index (χ2n) is 4.26. The van der Waals surface area contributed by atoms with Crippen molar-refractivity contribution in [1.82, 2.24) is 14.8 Å². The Morgan fingerprint density at radius 3 is 2.53 bits per heavy atom. The standard InChI is InChI=1S/C12H13F3N4/c1-8-2-9(4-17-11(8)12(13,14)15)6-19-7-10(3-16)5-18-19/h2,4-5,7H,3,6,16H2,1H3. The SMILES string of the molecule is Cc1cc(Cn2cc(CN)cn2)cnc1C(F)(F)F. The first-order chi connectivity index (χ1) is 8.90. The molecule has 0 amide bonds. The van der Waals surface area contributed by atoms with Gasteiger partial charge in [0.15, 0.2) is 0 Å². The maximum Gasteiger partial charge on any atom is 0.433 e. The van der Waals surface area contributed by atoms with Gasteiger partial charge >= 0.3 is 6.18 Å². The molecule has 0 radical (unpaired) electrons. The summed E-state index contributed by atoms with van der Waals surface area (Å²) in [5.41, 5.74) is 6.25. The van der Waals surface area contributed by atoms with Crippen molar-refractivity contribution in [2.24, 2.45) is 5.73 Å². The number of nitrogens with two attached hydrogens (primary N) is 1. The molecule has 2 aromatic heterocycles. The van der Waals surface area contributed by atoms with E-state index in [2.05, 4.69) is 10.1 Å². The lowest BCUT2D eigenvalue weighted by Crippen LogP contribution is -2.11. The van der Waals surface area contributed by atoms with Crippen LogP contribution in [0.2, 0.25) is 0 Å². The average Bonchev–Trinajstić information content (AvgIpc) is 2.75. The fourth-order valence-electron chi connectivity index (χ4n) is 1.80. The van der Waals surface area contributed by atoms with Crippen molar-refractivity contribution in [3.05, 3.63) is 47.0 Å². The molecule has 2 rings (SSSR count). The molecule has 0 saturated heterocycles. The van der Waals surface area contributed by atoms with Crippen molar-refractivity contribution in [2.75, 3.05) is 0 Å². The van der Waals surface area contributed by atoms with Crippen LogP contribution in [0.1, 0.15) is 22.4 Å². The molecule has 0 atom stereocenters. The van der Waals surface area contributed by atoms with Gasteiger partial charge in [-0.05, 0) is 18.1 Å². The van der Waals surface area contributed by atoms with Gasteiger partial charge in [0.2, 0.25) is 0 Å². The second kappa shape index (κ2) is 5.00. The molecule has 7 heteroatoms. The monoisotopic (exact) mass is 270 g/mol. The van der Waals surface area contributed by atoms with E-state index in [0.29, 0.717) is 18.7 Å². The van der Waals surface area contributed by atoms with E-state index < -0.39 is 11.9 Å². The number of aromatic nitrogens is 3. The van der Waals surface area contributed by atoms with Gasteiger partial charge in [-0.3, -0.25) is 9.67 Å². The van der Waals surface area contributed by atoms with Crippen molar-refractivity contribution < 1.29 is 13.2 Å². The number of nitrogens with zero attached hydrogens (tertiary/aromatic N) is 3. The van der Waals surface area contributed by atoms with Crippen LogP contribution in [0.25, 0.3) is 0 Å². The van der Waals surface area contributed by atoms with E-state index in [1.807, 2.05) is 0 Å². The molecular formula is C12H13F3N4. The summed E-state index contributed by atoms with van der Waals surface area (Å²) in [5, 5.41) is 4.07. The van der Waals surface area contributed by atoms with Crippen LogP contribution in [0.5, 0.6) is 0 Å². The molecule has 0 spiro atoms. The van der Waals surface area contributed by atoms with Crippen LogP contribution in [-0.4, -0.2) is 14.8 Å².